The van der Waals surface area contributed by atoms with Crippen LogP contribution < -0.4 is 9.64 Å². The second-order valence-corrected chi connectivity index (χ2v) is 9.16. The highest BCUT2D eigenvalue weighted by atomic mass is 19.1. The number of methoxy groups -OCH3 is 1. The summed E-state index contributed by atoms with van der Waals surface area (Å²) in [5.74, 6) is 1.23. The van der Waals surface area contributed by atoms with Crippen LogP contribution in [0.3, 0.4) is 0 Å². The lowest BCUT2D eigenvalue weighted by Crippen LogP contribution is -2.20. The van der Waals surface area contributed by atoms with E-state index in [1.807, 2.05) is 62.6 Å². The molecule has 4 aromatic rings. The van der Waals surface area contributed by atoms with Crippen LogP contribution in [0.2, 0.25) is 0 Å². The largest absolute Gasteiger partial charge is 0.497 e. The van der Waals surface area contributed by atoms with Crippen molar-refractivity contribution in [3.8, 4) is 5.75 Å². The smallest absolute Gasteiger partial charge is 0.128 e. The van der Waals surface area contributed by atoms with Gasteiger partial charge in [-0.1, -0.05) is 0 Å². The molecule has 1 unspecified atom stereocenters. The maximum Gasteiger partial charge on any atom is 0.128 e. The van der Waals surface area contributed by atoms with E-state index < -0.39 is 0 Å². The molecule has 0 saturated carbocycles. The Balaban J connectivity index is 1.48. The number of aryl methyl sites for hydroxylation is 3. The van der Waals surface area contributed by atoms with E-state index >= 15 is 0 Å². The number of ether oxygens (including phenoxy) is 1. The number of hydrogen-bond donors (Lipinski definition) is 0. The summed E-state index contributed by atoms with van der Waals surface area (Å²) in [4.78, 5) is 16.1. The highest BCUT2D eigenvalue weighted by Crippen LogP contribution is 2.32. The van der Waals surface area contributed by atoms with Crippen molar-refractivity contribution in [2.75, 3.05) is 32.1 Å². The van der Waals surface area contributed by atoms with Gasteiger partial charge in [0.05, 0.1) is 35.4 Å². The van der Waals surface area contributed by atoms with Gasteiger partial charge < -0.3 is 14.2 Å². The number of fused-ring (bicyclic) bond motifs is 1. The summed E-state index contributed by atoms with van der Waals surface area (Å²) in [6.45, 7) is 6.26. The fourth-order valence-electron chi connectivity index (χ4n) is 4.63. The summed E-state index contributed by atoms with van der Waals surface area (Å²) in [6.07, 6.45) is 6.62. The predicted molar refractivity (Wildman–Crippen MR) is 140 cm³/mol. The van der Waals surface area contributed by atoms with Crippen LogP contribution in [-0.2, 0) is 6.54 Å². The maximum absolute atomic E-state index is 14.5. The summed E-state index contributed by atoms with van der Waals surface area (Å²) in [6, 6.07) is 10.8. The van der Waals surface area contributed by atoms with Crippen molar-refractivity contribution < 1.29 is 9.13 Å². The summed E-state index contributed by atoms with van der Waals surface area (Å²) >= 11 is 0. The number of likely N-dealkylation sites (N-methyl/N-ethyl adjacent to an activating group) is 1. The van der Waals surface area contributed by atoms with Crippen molar-refractivity contribution in [1.82, 2.24) is 24.5 Å². The Bertz CT molecular complexity index is 1420. The molecule has 0 amide bonds. The van der Waals surface area contributed by atoms with E-state index in [1.54, 1.807) is 7.11 Å². The average molecular weight is 488 g/mol. The molecule has 36 heavy (non-hydrogen) atoms. The lowest BCUT2D eigenvalue weighted by molar-refractivity contribution is 0.380. The fourth-order valence-corrected chi connectivity index (χ4v) is 4.63. The molecular formula is C27H30FN7O. The Morgan fingerprint density at radius 3 is 2.67 bits per heavy atom. The van der Waals surface area contributed by atoms with Crippen LogP contribution in [0.15, 0.2) is 53.9 Å². The number of aromatic nitrogens is 4. The van der Waals surface area contributed by atoms with Gasteiger partial charge in [-0.25, -0.2) is 14.4 Å². The zero-order valence-corrected chi connectivity index (χ0v) is 21.0. The third-order valence-corrected chi connectivity index (χ3v) is 6.42. The van der Waals surface area contributed by atoms with Crippen molar-refractivity contribution in [3.05, 3.63) is 71.8 Å². The van der Waals surface area contributed by atoms with Gasteiger partial charge >= 0.3 is 0 Å². The van der Waals surface area contributed by atoms with Gasteiger partial charge in [0, 0.05) is 68.8 Å². The molecule has 0 radical (unpaired) electrons. The molecule has 2 aromatic heterocycles. The van der Waals surface area contributed by atoms with Crippen LogP contribution in [0.1, 0.15) is 29.6 Å². The first-order valence-electron chi connectivity index (χ1n) is 12.0. The summed E-state index contributed by atoms with van der Waals surface area (Å²) in [5.41, 5.74) is 5.13. The first kappa shape index (κ1) is 23.7. The molecule has 5 rings (SSSR count). The van der Waals surface area contributed by atoms with E-state index in [-0.39, 0.29) is 11.7 Å². The van der Waals surface area contributed by atoms with Gasteiger partial charge in [-0.3, -0.25) is 9.99 Å². The van der Waals surface area contributed by atoms with E-state index in [0.717, 1.165) is 59.1 Å². The number of halogens is 1. The molecule has 0 N–H and O–H groups in total. The highest BCUT2D eigenvalue weighted by molar-refractivity contribution is 5.81. The number of anilines is 2. The van der Waals surface area contributed by atoms with Gasteiger partial charge in [0.25, 0.3) is 0 Å². The van der Waals surface area contributed by atoms with Gasteiger partial charge in [0.2, 0.25) is 0 Å². The van der Waals surface area contributed by atoms with E-state index in [9.17, 15) is 4.39 Å². The van der Waals surface area contributed by atoms with Crippen LogP contribution in [0.5, 0.6) is 5.75 Å². The second kappa shape index (κ2) is 9.93. The normalized spacial score (nSPS) is 15.1. The second-order valence-electron chi connectivity index (χ2n) is 9.16. The highest BCUT2D eigenvalue weighted by Gasteiger charge is 2.20. The third kappa shape index (κ3) is 5.00. The molecule has 0 saturated heterocycles. The molecule has 1 atom stereocenters. The Hall–Kier alpha value is -4.01. The van der Waals surface area contributed by atoms with E-state index in [1.165, 1.54) is 12.1 Å². The molecule has 0 spiro atoms. The number of hydrazone groups is 1. The summed E-state index contributed by atoms with van der Waals surface area (Å²) in [5, 5.41) is 6.23. The third-order valence-electron chi connectivity index (χ3n) is 6.42. The van der Waals surface area contributed by atoms with E-state index in [4.69, 9.17) is 9.72 Å². The Morgan fingerprint density at radius 1 is 1.08 bits per heavy atom. The van der Waals surface area contributed by atoms with Gasteiger partial charge in [-0.05, 0) is 44.5 Å². The summed E-state index contributed by atoms with van der Waals surface area (Å²) < 4.78 is 22.0. The van der Waals surface area contributed by atoms with Crippen molar-refractivity contribution in [1.29, 1.82) is 0 Å². The van der Waals surface area contributed by atoms with E-state index in [0.29, 0.717) is 12.3 Å². The molecule has 1 aliphatic heterocycles. The van der Waals surface area contributed by atoms with E-state index in [2.05, 4.69) is 30.7 Å². The minimum Gasteiger partial charge on any atom is -0.497 e. The SMILES string of the molecule is COc1cc(F)cc(N(CCCn2cc(C)nc2C)c2ccc3ncc(C4C=NN(C)C4)nc3c2)c1. The molecule has 0 fully saturated rings. The number of imidazole rings is 1. The zero-order chi connectivity index (χ0) is 25.2. The lowest BCUT2D eigenvalue weighted by atomic mass is 10.1. The Labute approximate surface area is 210 Å². The molecule has 8 nitrogen and oxygen atoms in total. The minimum atomic E-state index is -0.345. The standard InChI is InChI=1S/C27H30FN7O/c1-18-16-34(19(2)31-18)8-5-9-35(23-10-21(28)11-24(12-23)36-4)22-6-7-25-26(13-22)32-27(15-29-25)20-14-30-33(3)17-20/h6-7,10-16,20H,5,8-9,17H2,1-4H3. The molecule has 186 valence electrons. The van der Waals surface area contributed by atoms with Crippen molar-refractivity contribution in [2.45, 2.75) is 32.7 Å². The van der Waals surface area contributed by atoms with Crippen molar-refractivity contribution in [3.63, 3.8) is 0 Å². The molecule has 0 aliphatic carbocycles. The van der Waals surface area contributed by atoms with Crippen LogP contribution >= 0.6 is 0 Å². The van der Waals surface area contributed by atoms with Gasteiger partial charge in [-0.15, -0.1) is 0 Å². The van der Waals surface area contributed by atoms with Crippen LogP contribution in [-0.4, -0.2) is 58.0 Å². The van der Waals surface area contributed by atoms with Crippen molar-refractivity contribution in [2.24, 2.45) is 5.10 Å². The Kier molecular flexibility index (Phi) is 6.54. The first-order chi connectivity index (χ1) is 17.4. The molecule has 9 heteroatoms. The van der Waals surface area contributed by atoms with Crippen LogP contribution in [0.25, 0.3) is 11.0 Å². The topological polar surface area (TPSA) is 71.7 Å². The first-order valence-corrected chi connectivity index (χ1v) is 12.0. The predicted octanol–water partition coefficient (Wildman–Crippen LogP) is 4.83. The number of benzene rings is 2. The molecule has 3 heterocycles. The van der Waals surface area contributed by atoms with Crippen molar-refractivity contribution >= 4 is 28.6 Å². The van der Waals surface area contributed by atoms with Gasteiger partial charge in [-0.2, -0.15) is 5.10 Å². The quantitative estimate of drug-likeness (QED) is 0.354. The van der Waals surface area contributed by atoms with Crippen LogP contribution in [0, 0.1) is 19.7 Å². The zero-order valence-electron chi connectivity index (χ0n) is 21.0. The Morgan fingerprint density at radius 2 is 1.94 bits per heavy atom. The molecular weight excluding hydrogens is 457 g/mol. The van der Waals surface area contributed by atoms with Gasteiger partial charge in [0.1, 0.15) is 17.4 Å². The average Bonchev–Trinajstić information content (AvgIpc) is 3.44. The molecule has 0 bridgehead atoms. The summed E-state index contributed by atoms with van der Waals surface area (Å²) in [7, 11) is 3.49. The molecule has 1 aliphatic rings. The number of rotatable bonds is 8. The maximum atomic E-state index is 14.5. The van der Waals surface area contributed by atoms with Crippen LogP contribution in [0.4, 0.5) is 15.8 Å². The lowest BCUT2D eigenvalue weighted by Gasteiger charge is -2.26. The fraction of sp³-hybridized carbons (Fsp3) is 0.333. The number of hydrogen-bond acceptors (Lipinski definition) is 7. The minimum absolute atomic E-state index is 0.112. The number of nitrogens with zero attached hydrogens (tertiary/aromatic N) is 7. The molecule has 2 aromatic carbocycles. The van der Waals surface area contributed by atoms with Gasteiger partial charge in [0.15, 0.2) is 0 Å². The monoisotopic (exact) mass is 487 g/mol.